The SMILES string of the molecule is CS(=O)(=O)N1CCC(N2CCNC2=O)CC1. The molecule has 0 atom stereocenters. The Kier molecular flexibility index (Phi) is 3.07. The molecule has 2 aliphatic rings. The van der Waals surface area contributed by atoms with Gasteiger partial charge in [-0.25, -0.2) is 17.5 Å². The van der Waals surface area contributed by atoms with E-state index in [0.29, 0.717) is 19.6 Å². The molecule has 0 saturated carbocycles. The second-order valence-electron chi connectivity index (χ2n) is 4.32. The molecular formula is C9H17N3O3S. The van der Waals surface area contributed by atoms with Gasteiger partial charge in [-0.3, -0.25) is 0 Å². The zero-order valence-electron chi connectivity index (χ0n) is 9.35. The molecule has 0 aliphatic carbocycles. The van der Waals surface area contributed by atoms with Gasteiger partial charge in [-0.05, 0) is 12.8 Å². The summed E-state index contributed by atoms with van der Waals surface area (Å²) >= 11 is 0. The van der Waals surface area contributed by atoms with Crippen molar-refractivity contribution in [1.29, 1.82) is 0 Å². The number of carbonyl (C=O) groups is 1. The first-order valence-corrected chi connectivity index (χ1v) is 7.33. The number of urea groups is 1. The zero-order valence-corrected chi connectivity index (χ0v) is 10.2. The fraction of sp³-hybridized carbons (Fsp3) is 0.889. The van der Waals surface area contributed by atoms with Gasteiger partial charge in [-0.15, -0.1) is 0 Å². The molecule has 0 aromatic heterocycles. The Hall–Kier alpha value is -0.820. The second-order valence-corrected chi connectivity index (χ2v) is 6.30. The minimum atomic E-state index is -3.07. The molecule has 2 amide bonds. The molecule has 2 aliphatic heterocycles. The quantitative estimate of drug-likeness (QED) is 0.711. The Morgan fingerprint density at radius 3 is 2.31 bits per heavy atom. The van der Waals surface area contributed by atoms with E-state index >= 15 is 0 Å². The Morgan fingerprint density at radius 2 is 1.88 bits per heavy atom. The van der Waals surface area contributed by atoms with Gasteiger partial charge in [-0.1, -0.05) is 0 Å². The number of sulfonamides is 1. The molecule has 0 bridgehead atoms. The third-order valence-corrected chi connectivity index (χ3v) is 4.53. The van der Waals surface area contributed by atoms with Gasteiger partial charge in [-0.2, -0.15) is 0 Å². The third kappa shape index (κ3) is 2.30. The first-order chi connectivity index (χ1) is 7.48. The minimum Gasteiger partial charge on any atom is -0.336 e. The summed E-state index contributed by atoms with van der Waals surface area (Å²) in [5.74, 6) is 0. The minimum absolute atomic E-state index is 0.0159. The Labute approximate surface area is 95.6 Å². The highest BCUT2D eigenvalue weighted by molar-refractivity contribution is 7.88. The van der Waals surface area contributed by atoms with Crippen molar-refractivity contribution in [2.75, 3.05) is 32.4 Å². The average molecular weight is 247 g/mol. The second kappa shape index (κ2) is 4.21. The van der Waals surface area contributed by atoms with Crippen LogP contribution in [0.5, 0.6) is 0 Å². The van der Waals surface area contributed by atoms with E-state index in [1.807, 2.05) is 4.90 Å². The van der Waals surface area contributed by atoms with Crippen molar-refractivity contribution in [2.24, 2.45) is 0 Å². The van der Waals surface area contributed by atoms with E-state index in [-0.39, 0.29) is 12.1 Å². The van der Waals surface area contributed by atoms with Gasteiger partial charge in [0.1, 0.15) is 0 Å². The summed E-state index contributed by atoms with van der Waals surface area (Å²) in [5, 5.41) is 2.76. The first kappa shape index (κ1) is 11.7. The summed E-state index contributed by atoms with van der Waals surface area (Å²) in [6, 6.07) is 0.179. The number of carbonyl (C=O) groups excluding carboxylic acids is 1. The van der Waals surface area contributed by atoms with E-state index < -0.39 is 10.0 Å². The van der Waals surface area contributed by atoms with E-state index in [1.165, 1.54) is 10.6 Å². The van der Waals surface area contributed by atoms with Crippen molar-refractivity contribution in [3.63, 3.8) is 0 Å². The smallest absolute Gasteiger partial charge is 0.317 e. The highest BCUT2D eigenvalue weighted by Crippen LogP contribution is 2.19. The Balaban J connectivity index is 1.92. The molecule has 0 aromatic rings. The maximum absolute atomic E-state index is 11.4. The van der Waals surface area contributed by atoms with Crippen molar-refractivity contribution >= 4 is 16.1 Å². The molecular weight excluding hydrogens is 230 g/mol. The maximum atomic E-state index is 11.4. The molecule has 6 nitrogen and oxygen atoms in total. The van der Waals surface area contributed by atoms with Crippen LogP contribution in [0.25, 0.3) is 0 Å². The molecule has 7 heteroatoms. The number of nitrogens with one attached hydrogen (secondary N) is 1. The molecule has 2 heterocycles. The van der Waals surface area contributed by atoms with Crippen LogP contribution >= 0.6 is 0 Å². The van der Waals surface area contributed by atoms with Gasteiger partial charge >= 0.3 is 6.03 Å². The lowest BCUT2D eigenvalue weighted by Crippen LogP contribution is -2.47. The summed E-state index contributed by atoms with van der Waals surface area (Å²) in [7, 11) is -3.07. The fourth-order valence-corrected chi connectivity index (χ4v) is 3.19. The lowest BCUT2D eigenvalue weighted by molar-refractivity contribution is 0.167. The topological polar surface area (TPSA) is 69.7 Å². The lowest BCUT2D eigenvalue weighted by atomic mass is 10.1. The monoisotopic (exact) mass is 247 g/mol. The van der Waals surface area contributed by atoms with Crippen molar-refractivity contribution in [2.45, 2.75) is 18.9 Å². The van der Waals surface area contributed by atoms with Crippen LogP contribution in [0.4, 0.5) is 4.79 Å². The standard InChI is InChI=1S/C9H17N3O3S/c1-16(14,15)11-5-2-8(3-6-11)12-7-4-10-9(12)13/h8H,2-7H2,1H3,(H,10,13). The van der Waals surface area contributed by atoms with Gasteiger partial charge in [0, 0.05) is 32.2 Å². The molecule has 0 aromatic carbocycles. The summed E-state index contributed by atoms with van der Waals surface area (Å²) in [4.78, 5) is 13.3. The van der Waals surface area contributed by atoms with Gasteiger partial charge < -0.3 is 10.2 Å². The van der Waals surface area contributed by atoms with Crippen molar-refractivity contribution in [3.8, 4) is 0 Å². The molecule has 16 heavy (non-hydrogen) atoms. The van der Waals surface area contributed by atoms with Crippen LogP contribution in [0.2, 0.25) is 0 Å². The molecule has 0 spiro atoms. The largest absolute Gasteiger partial charge is 0.336 e. The van der Waals surface area contributed by atoms with E-state index in [1.54, 1.807) is 0 Å². The molecule has 2 fully saturated rings. The van der Waals surface area contributed by atoms with E-state index in [0.717, 1.165) is 19.4 Å². The highest BCUT2D eigenvalue weighted by atomic mass is 32.2. The van der Waals surface area contributed by atoms with Crippen molar-refractivity contribution in [1.82, 2.24) is 14.5 Å². The predicted octanol–water partition coefficient (Wildman–Crippen LogP) is -0.564. The number of nitrogens with zero attached hydrogens (tertiary/aromatic N) is 2. The maximum Gasteiger partial charge on any atom is 0.317 e. The summed E-state index contributed by atoms with van der Waals surface area (Å²) in [5.41, 5.74) is 0. The third-order valence-electron chi connectivity index (χ3n) is 3.22. The number of amides is 2. The molecule has 0 unspecified atom stereocenters. The molecule has 0 radical (unpaired) electrons. The van der Waals surface area contributed by atoms with Gasteiger partial charge in [0.25, 0.3) is 0 Å². The van der Waals surface area contributed by atoms with Crippen LogP contribution in [0.3, 0.4) is 0 Å². The summed E-state index contributed by atoms with van der Waals surface area (Å²) in [6.07, 6.45) is 2.71. The van der Waals surface area contributed by atoms with Gasteiger partial charge in [0.15, 0.2) is 0 Å². The predicted molar refractivity (Wildman–Crippen MR) is 59.5 cm³/mol. The Morgan fingerprint density at radius 1 is 1.25 bits per heavy atom. The number of hydrogen-bond donors (Lipinski definition) is 1. The van der Waals surface area contributed by atoms with Gasteiger partial charge in [0.2, 0.25) is 10.0 Å². The summed E-state index contributed by atoms with van der Waals surface area (Å²) < 4.78 is 24.1. The normalized spacial score (nSPS) is 24.8. The molecule has 2 saturated heterocycles. The zero-order chi connectivity index (χ0) is 11.8. The molecule has 1 N–H and O–H groups in total. The number of piperidine rings is 1. The van der Waals surface area contributed by atoms with Crippen LogP contribution in [0.15, 0.2) is 0 Å². The number of hydrogen-bond acceptors (Lipinski definition) is 3. The molecule has 92 valence electrons. The van der Waals surface area contributed by atoms with Crippen LogP contribution < -0.4 is 5.32 Å². The van der Waals surface area contributed by atoms with Gasteiger partial charge in [0.05, 0.1) is 6.26 Å². The number of rotatable bonds is 2. The highest BCUT2D eigenvalue weighted by Gasteiger charge is 2.32. The fourth-order valence-electron chi connectivity index (χ4n) is 2.32. The average Bonchev–Trinajstić information content (AvgIpc) is 2.63. The van der Waals surface area contributed by atoms with E-state index in [4.69, 9.17) is 0 Å². The molecule has 2 rings (SSSR count). The summed E-state index contributed by atoms with van der Waals surface area (Å²) in [6.45, 7) is 2.48. The van der Waals surface area contributed by atoms with Crippen molar-refractivity contribution in [3.05, 3.63) is 0 Å². The lowest BCUT2D eigenvalue weighted by Gasteiger charge is -2.34. The Bertz CT molecular complexity index is 373. The first-order valence-electron chi connectivity index (χ1n) is 5.48. The van der Waals surface area contributed by atoms with Crippen LogP contribution in [-0.4, -0.2) is 62.1 Å². The van der Waals surface area contributed by atoms with Crippen LogP contribution in [0.1, 0.15) is 12.8 Å². The van der Waals surface area contributed by atoms with E-state index in [2.05, 4.69) is 5.32 Å². The van der Waals surface area contributed by atoms with E-state index in [9.17, 15) is 13.2 Å². The van der Waals surface area contributed by atoms with Crippen molar-refractivity contribution < 1.29 is 13.2 Å². The van der Waals surface area contributed by atoms with Crippen LogP contribution in [0, 0.1) is 0 Å². The van der Waals surface area contributed by atoms with Crippen LogP contribution in [-0.2, 0) is 10.0 Å².